The predicted octanol–water partition coefficient (Wildman–Crippen LogP) is 4.19. The van der Waals surface area contributed by atoms with E-state index in [1.54, 1.807) is 0 Å². The third kappa shape index (κ3) is 4.57. The van der Waals surface area contributed by atoms with Gasteiger partial charge in [0.2, 0.25) is 0 Å². The lowest BCUT2D eigenvalue weighted by atomic mass is 10.1. The van der Waals surface area contributed by atoms with Crippen LogP contribution in [0.2, 0.25) is 5.02 Å². The molecule has 0 aliphatic carbocycles. The molecule has 17 heavy (non-hydrogen) atoms. The molecular formula is C14H22ClNO. The van der Waals surface area contributed by atoms with Gasteiger partial charge in [0.05, 0.1) is 11.1 Å². The van der Waals surface area contributed by atoms with Crippen LogP contribution in [-0.4, -0.2) is 12.6 Å². The fourth-order valence-corrected chi connectivity index (χ4v) is 1.85. The van der Waals surface area contributed by atoms with Crippen LogP contribution in [0, 0.1) is 0 Å². The van der Waals surface area contributed by atoms with E-state index in [2.05, 4.69) is 25.2 Å². The molecule has 0 spiro atoms. The highest BCUT2D eigenvalue weighted by atomic mass is 35.5. The average molecular weight is 256 g/mol. The lowest BCUT2D eigenvalue weighted by molar-refractivity contribution is 0.242. The van der Waals surface area contributed by atoms with Crippen LogP contribution >= 0.6 is 11.6 Å². The summed E-state index contributed by atoms with van der Waals surface area (Å²) in [5, 5.41) is 4.12. The molecule has 3 heteroatoms. The van der Waals surface area contributed by atoms with Crippen LogP contribution in [0.25, 0.3) is 0 Å². The van der Waals surface area contributed by atoms with Crippen LogP contribution in [0.15, 0.2) is 18.2 Å². The van der Waals surface area contributed by atoms with E-state index in [1.165, 1.54) is 5.56 Å². The first-order chi connectivity index (χ1) is 8.04. The molecule has 0 aliphatic heterocycles. The summed E-state index contributed by atoms with van der Waals surface area (Å²) < 4.78 is 5.61. The molecule has 0 saturated carbocycles. The van der Waals surface area contributed by atoms with Gasteiger partial charge in [-0.25, -0.2) is 0 Å². The lowest BCUT2D eigenvalue weighted by Crippen LogP contribution is -2.19. The first kappa shape index (κ1) is 14.3. The SMILES string of the molecule is CCCNC(C)c1ccc(OC(C)C)c(Cl)c1. The first-order valence-electron chi connectivity index (χ1n) is 6.24. The van der Waals surface area contributed by atoms with Crippen LogP contribution in [0.4, 0.5) is 0 Å². The molecule has 2 nitrogen and oxygen atoms in total. The zero-order chi connectivity index (χ0) is 12.8. The smallest absolute Gasteiger partial charge is 0.138 e. The zero-order valence-electron chi connectivity index (χ0n) is 11.1. The van der Waals surface area contributed by atoms with Crippen molar-refractivity contribution in [3.05, 3.63) is 28.8 Å². The molecule has 0 aromatic heterocycles. The number of nitrogens with one attached hydrogen (secondary N) is 1. The van der Waals surface area contributed by atoms with Gasteiger partial charge in [-0.2, -0.15) is 0 Å². The monoisotopic (exact) mass is 255 g/mol. The Balaban J connectivity index is 2.73. The fraction of sp³-hybridized carbons (Fsp3) is 0.571. The molecule has 1 aromatic carbocycles. The number of benzene rings is 1. The molecule has 0 radical (unpaired) electrons. The van der Waals surface area contributed by atoms with Gasteiger partial charge in [-0.05, 0) is 51.4 Å². The van der Waals surface area contributed by atoms with Crippen molar-refractivity contribution < 1.29 is 4.74 Å². The van der Waals surface area contributed by atoms with Gasteiger partial charge in [0.1, 0.15) is 5.75 Å². The second kappa shape index (κ2) is 6.87. The maximum Gasteiger partial charge on any atom is 0.138 e. The summed E-state index contributed by atoms with van der Waals surface area (Å²) in [6.07, 6.45) is 1.28. The van der Waals surface area contributed by atoms with Crippen LogP contribution in [0.3, 0.4) is 0 Å². The van der Waals surface area contributed by atoms with Crippen molar-refractivity contribution >= 4 is 11.6 Å². The summed E-state index contributed by atoms with van der Waals surface area (Å²) in [6, 6.07) is 6.31. The maximum absolute atomic E-state index is 6.20. The fourth-order valence-electron chi connectivity index (χ4n) is 1.61. The normalized spacial score (nSPS) is 12.8. The Morgan fingerprint density at radius 1 is 1.29 bits per heavy atom. The van der Waals surface area contributed by atoms with Crippen LogP contribution in [-0.2, 0) is 0 Å². The van der Waals surface area contributed by atoms with Crippen molar-refractivity contribution in [1.82, 2.24) is 5.32 Å². The van der Waals surface area contributed by atoms with E-state index in [-0.39, 0.29) is 6.10 Å². The third-order valence-corrected chi connectivity index (χ3v) is 2.81. The topological polar surface area (TPSA) is 21.3 Å². The molecule has 1 aromatic rings. The van der Waals surface area contributed by atoms with Crippen LogP contribution < -0.4 is 10.1 Å². The summed E-state index contributed by atoms with van der Waals surface area (Å²) in [7, 11) is 0. The van der Waals surface area contributed by atoms with Gasteiger partial charge in [-0.15, -0.1) is 0 Å². The minimum absolute atomic E-state index is 0.147. The number of halogens is 1. The molecule has 1 rings (SSSR count). The van der Waals surface area contributed by atoms with Crippen molar-refractivity contribution in [3.63, 3.8) is 0 Å². The molecule has 1 N–H and O–H groups in total. The Morgan fingerprint density at radius 3 is 2.53 bits per heavy atom. The molecular weight excluding hydrogens is 234 g/mol. The van der Waals surface area contributed by atoms with Gasteiger partial charge in [0.15, 0.2) is 0 Å². The van der Waals surface area contributed by atoms with Gasteiger partial charge in [-0.1, -0.05) is 24.6 Å². The quantitative estimate of drug-likeness (QED) is 0.823. The molecule has 96 valence electrons. The van der Waals surface area contributed by atoms with Crippen molar-refractivity contribution in [1.29, 1.82) is 0 Å². The van der Waals surface area contributed by atoms with E-state index in [1.807, 2.05) is 26.0 Å². The van der Waals surface area contributed by atoms with E-state index < -0.39 is 0 Å². The Kier molecular flexibility index (Phi) is 5.79. The Hall–Kier alpha value is -0.730. The molecule has 0 bridgehead atoms. The van der Waals surface area contributed by atoms with E-state index in [4.69, 9.17) is 16.3 Å². The summed E-state index contributed by atoms with van der Waals surface area (Å²) in [4.78, 5) is 0. The standard InChI is InChI=1S/C14H22ClNO/c1-5-8-16-11(4)12-6-7-14(13(15)9-12)17-10(2)3/h6-7,9-11,16H,5,8H2,1-4H3. The Labute approximate surface area is 109 Å². The summed E-state index contributed by atoms with van der Waals surface area (Å²) in [5.74, 6) is 0.758. The summed E-state index contributed by atoms with van der Waals surface area (Å²) >= 11 is 6.20. The highest BCUT2D eigenvalue weighted by Crippen LogP contribution is 2.28. The first-order valence-corrected chi connectivity index (χ1v) is 6.61. The third-order valence-electron chi connectivity index (χ3n) is 2.52. The minimum Gasteiger partial charge on any atom is -0.489 e. The number of hydrogen-bond donors (Lipinski definition) is 1. The molecule has 0 amide bonds. The highest BCUT2D eigenvalue weighted by Gasteiger charge is 2.09. The number of ether oxygens (including phenoxy) is 1. The molecule has 0 saturated heterocycles. The van der Waals surface area contributed by atoms with Crippen molar-refractivity contribution in [2.24, 2.45) is 0 Å². The van der Waals surface area contributed by atoms with Crippen molar-refractivity contribution in [2.75, 3.05) is 6.54 Å². The second-order valence-electron chi connectivity index (χ2n) is 4.53. The Bertz CT molecular complexity index is 352. The zero-order valence-corrected chi connectivity index (χ0v) is 11.8. The van der Waals surface area contributed by atoms with E-state index in [0.717, 1.165) is 18.7 Å². The van der Waals surface area contributed by atoms with E-state index in [9.17, 15) is 0 Å². The average Bonchev–Trinajstić information content (AvgIpc) is 2.28. The highest BCUT2D eigenvalue weighted by molar-refractivity contribution is 6.32. The van der Waals surface area contributed by atoms with Gasteiger partial charge in [0.25, 0.3) is 0 Å². The summed E-state index contributed by atoms with van der Waals surface area (Å²) in [5.41, 5.74) is 1.19. The molecule has 0 heterocycles. The van der Waals surface area contributed by atoms with Crippen LogP contribution in [0.1, 0.15) is 45.7 Å². The van der Waals surface area contributed by atoms with Gasteiger partial charge < -0.3 is 10.1 Å². The Morgan fingerprint density at radius 2 is 2.00 bits per heavy atom. The largest absolute Gasteiger partial charge is 0.489 e. The van der Waals surface area contributed by atoms with E-state index in [0.29, 0.717) is 11.1 Å². The predicted molar refractivity (Wildman–Crippen MR) is 73.9 cm³/mol. The molecule has 1 unspecified atom stereocenters. The molecule has 0 fully saturated rings. The van der Waals surface area contributed by atoms with Crippen molar-refractivity contribution in [3.8, 4) is 5.75 Å². The van der Waals surface area contributed by atoms with Crippen LogP contribution in [0.5, 0.6) is 5.75 Å². The van der Waals surface area contributed by atoms with Gasteiger partial charge in [0, 0.05) is 6.04 Å². The number of hydrogen-bond acceptors (Lipinski definition) is 2. The minimum atomic E-state index is 0.147. The maximum atomic E-state index is 6.20. The number of rotatable bonds is 6. The molecule has 1 atom stereocenters. The summed E-state index contributed by atoms with van der Waals surface area (Å²) in [6.45, 7) is 9.31. The lowest BCUT2D eigenvalue weighted by Gasteiger charge is -2.16. The van der Waals surface area contributed by atoms with E-state index >= 15 is 0 Å². The van der Waals surface area contributed by atoms with Gasteiger partial charge in [-0.3, -0.25) is 0 Å². The molecule has 0 aliphatic rings. The van der Waals surface area contributed by atoms with Gasteiger partial charge >= 0.3 is 0 Å². The second-order valence-corrected chi connectivity index (χ2v) is 4.94. The van der Waals surface area contributed by atoms with Crippen molar-refractivity contribution in [2.45, 2.75) is 46.3 Å².